The van der Waals surface area contributed by atoms with Crippen molar-refractivity contribution in [1.82, 2.24) is 4.90 Å². The van der Waals surface area contributed by atoms with Crippen LogP contribution in [-0.4, -0.2) is 24.8 Å². The first-order valence-electron chi connectivity index (χ1n) is 7.49. The molecular weight excluding hydrogens is 270 g/mol. The van der Waals surface area contributed by atoms with E-state index in [9.17, 15) is 4.79 Å². The van der Waals surface area contributed by atoms with Crippen molar-refractivity contribution >= 4 is 17.9 Å². The van der Waals surface area contributed by atoms with Crippen LogP contribution in [0, 0.1) is 5.41 Å². The van der Waals surface area contributed by atoms with Gasteiger partial charge in [0.2, 0.25) is 0 Å². The predicted octanol–water partition coefficient (Wildman–Crippen LogP) is 4.48. The molecular formula is C17H24ClNO. The van der Waals surface area contributed by atoms with Crippen LogP contribution in [0.25, 0.3) is 0 Å². The molecule has 1 unspecified atom stereocenters. The highest BCUT2D eigenvalue weighted by Crippen LogP contribution is 2.37. The van der Waals surface area contributed by atoms with Gasteiger partial charge in [-0.3, -0.25) is 4.90 Å². The van der Waals surface area contributed by atoms with Crippen LogP contribution in [0.4, 0.5) is 0 Å². The average Bonchev–Trinajstić information content (AvgIpc) is 2.48. The van der Waals surface area contributed by atoms with Gasteiger partial charge in [0.05, 0.1) is 0 Å². The number of carbonyl (C=O) groups is 1. The normalized spacial score (nSPS) is 19.8. The molecule has 1 aromatic carbocycles. The number of benzene rings is 1. The SMILES string of the molecule is CC(c1ccccc1Cl)N(C)CC1(C=O)CCCCC1. The Morgan fingerprint density at radius 1 is 1.30 bits per heavy atom. The van der Waals surface area contributed by atoms with Crippen molar-refractivity contribution in [3.63, 3.8) is 0 Å². The predicted molar refractivity (Wildman–Crippen MR) is 84.1 cm³/mol. The van der Waals surface area contributed by atoms with Crippen molar-refractivity contribution in [2.24, 2.45) is 5.41 Å². The van der Waals surface area contributed by atoms with Crippen LogP contribution in [0.3, 0.4) is 0 Å². The molecule has 110 valence electrons. The summed E-state index contributed by atoms with van der Waals surface area (Å²) in [4.78, 5) is 13.9. The van der Waals surface area contributed by atoms with Crippen molar-refractivity contribution in [3.8, 4) is 0 Å². The highest BCUT2D eigenvalue weighted by atomic mass is 35.5. The lowest BCUT2D eigenvalue weighted by atomic mass is 9.74. The molecule has 1 atom stereocenters. The molecule has 3 heteroatoms. The summed E-state index contributed by atoms with van der Waals surface area (Å²) in [7, 11) is 2.09. The van der Waals surface area contributed by atoms with Gasteiger partial charge >= 0.3 is 0 Å². The Labute approximate surface area is 127 Å². The largest absolute Gasteiger partial charge is 0.303 e. The Morgan fingerprint density at radius 3 is 2.55 bits per heavy atom. The zero-order chi connectivity index (χ0) is 14.6. The summed E-state index contributed by atoms with van der Waals surface area (Å²) in [6.45, 7) is 2.98. The van der Waals surface area contributed by atoms with Crippen molar-refractivity contribution in [2.45, 2.75) is 45.1 Å². The molecule has 1 aliphatic rings. The van der Waals surface area contributed by atoms with E-state index in [4.69, 9.17) is 11.6 Å². The molecule has 0 spiro atoms. The third-order valence-corrected chi connectivity index (χ3v) is 5.02. The fourth-order valence-corrected chi connectivity index (χ4v) is 3.55. The molecule has 1 aliphatic carbocycles. The molecule has 1 fully saturated rings. The maximum absolute atomic E-state index is 11.6. The fourth-order valence-electron chi connectivity index (χ4n) is 3.25. The minimum Gasteiger partial charge on any atom is -0.303 e. The molecule has 0 N–H and O–H groups in total. The van der Waals surface area contributed by atoms with Gasteiger partial charge in [-0.25, -0.2) is 0 Å². The first-order chi connectivity index (χ1) is 9.58. The van der Waals surface area contributed by atoms with Crippen molar-refractivity contribution in [1.29, 1.82) is 0 Å². The van der Waals surface area contributed by atoms with Gasteiger partial charge in [-0.05, 0) is 38.4 Å². The van der Waals surface area contributed by atoms with Crippen LogP contribution in [-0.2, 0) is 4.79 Å². The summed E-state index contributed by atoms with van der Waals surface area (Å²) in [6.07, 6.45) is 6.85. The van der Waals surface area contributed by atoms with Crippen molar-refractivity contribution in [2.75, 3.05) is 13.6 Å². The van der Waals surface area contributed by atoms with Gasteiger partial charge in [0.15, 0.2) is 0 Å². The van der Waals surface area contributed by atoms with Gasteiger partial charge in [0.1, 0.15) is 6.29 Å². The smallest absolute Gasteiger partial charge is 0.127 e. The van der Waals surface area contributed by atoms with Crippen LogP contribution in [0.2, 0.25) is 5.02 Å². The highest BCUT2D eigenvalue weighted by molar-refractivity contribution is 6.31. The van der Waals surface area contributed by atoms with E-state index in [1.54, 1.807) is 0 Å². The molecule has 1 saturated carbocycles. The van der Waals surface area contributed by atoms with Gasteiger partial charge in [0, 0.05) is 23.0 Å². The third kappa shape index (κ3) is 3.42. The van der Waals surface area contributed by atoms with E-state index in [1.165, 1.54) is 25.5 Å². The molecule has 0 heterocycles. The van der Waals surface area contributed by atoms with E-state index in [-0.39, 0.29) is 11.5 Å². The lowest BCUT2D eigenvalue weighted by Crippen LogP contribution is -2.39. The fraction of sp³-hybridized carbons (Fsp3) is 0.588. The molecule has 0 bridgehead atoms. The highest BCUT2D eigenvalue weighted by Gasteiger charge is 2.34. The summed E-state index contributed by atoms with van der Waals surface area (Å²) in [5.74, 6) is 0. The Bertz CT molecular complexity index is 454. The maximum Gasteiger partial charge on any atom is 0.127 e. The Morgan fingerprint density at radius 2 is 1.95 bits per heavy atom. The summed E-state index contributed by atoms with van der Waals surface area (Å²) in [5.41, 5.74) is 0.983. The molecule has 0 radical (unpaired) electrons. The molecule has 1 aromatic rings. The third-order valence-electron chi connectivity index (χ3n) is 4.68. The number of halogens is 1. The van der Waals surface area contributed by atoms with Gasteiger partial charge in [0.25, 0.3) is 0 Å². The monoisotopic (exact) mass is 293 g/mol. The van der Waals surface area contributed by atoms with Crippen molar-refractivity contribution < 1.29 is 4.79 Å². The van der Waals surface area contributed by atoms with Gasteiger partial charge < -0.3 is 4.79 Å². The topological polar surface area (TPSA) is 20.3 Å². The molecule has 0 aromatic heterocycles. The number of nitrogens with zero attached hydrogens (tertiary/aromatic N) is 1. The number of carbonyl (C=O) groups excluding carboxylic acids is 1. The first kappa shape index (κ1) is 15.5. The number of hydrogen-bond donors (Lipinski definition) is 0. The standard InChI is InChI=1S/C17H24ClNO/c1-14(15-8-4-5-9-16(15)18)19(2)12-17(13-20)10-6-3-7-11-17/h4-5,8-9,13-14H,3,6-7,10-12H2,1-2H3. The van der Waals surface area contributed by atoms with Gasteiger partial charge in [-0.1, -0.05) is 49.1 Å². The average molecular weight is 294 g/mol. The summed E-state index contributed by atoms with van der Waals surface area (Å²) in [5, 5.41) is 0.802. The summed E-state index contributed by atoms with van der Waals surface area (Å²) >= 11 is 6.28. The van der Waals surface area contributed by atoms with Crippen LogP contribution < -0.4 is 0 Å². The molecule has 0 aliphatic heterocycles. The molecule has 0 amide bonds. The van der Waals surface area contributed by atoms with Gasteiger partial charge in [-0.15, -0.1) is 0 Å². The number of hydrogen-bond acceptors (Lipinski definition) is 2. The molecule has 2 rings (SSSR count). The van der Waals surface area contributed by atoms with Crippen LogP contribution in [0.1, 0.15) is 50.6 Å². The lowest BCUT2D eigenvalue weighted by Gasteiger charge is -2.38. The first-order valence-corrected chi connectivity index (χ1v) is 7.87. The summed E-state index contributed by atoms with van der Waals surface area (Å²) < 4.78 is 0. The zero-order valence-electron chi connectivity index (χ0n) is 12.4. The Balaban J connectivity index is 2.09. The van der Waals surface area contributed by atoms with E-state index >= 15 is 0 Å². The van der Waals surface area contributed by atoms with E-state index in [0.717, 1.165) is 30.0 Å². The zero-order valence-corrected chi connectivity index (χ0v) is 13.2. The number of aldehydes is 1. The van der Waals surface area contributed by atoms with Crippen LogP contribution >= 0.6 is 11.6 Å². The minimum atomic E-state index is -0.150. The second kappa shape index (κ2) is 6.73. The maximum atomic E-state index is 11.6. The van der Waals surface area contributed by atoms with E-state index < -0.39 is 0 Å². The van der Waals surface area contributed by atoms with E-state index in [0.29, 0.717) is 0 Å². The molecule has 0 saturated heterocycles. The molecule has 20 heavy (non-hydrogen) atoms. The summed E-state index contributed by atoms with van der Waals surface area (Å²) in [6, 6.07) is 8.19. The van der Waals surface area contributed by atoms with Crippen LogP contribution in [0.15, 0.2) is 24.3 Å². The second-order valence-corrected chi connectivity index (χ2v) is 6.56. The lowest BCUT2D eigenvalue weighted by molar-refractivity contribution is -0.119. The Kier molecular flexibility index (Phi) is 5.22. The van der Waals surface area contributed by atoms with Crippen molar-refractivity contribution in [3.05, 3.63) is 34.9 Å². The van der Waals surface area contributed by atoms with E-state index in [1.807, 2.05) is 18.2 Å². The van der Waals surface area contributed by atoms with E-state index in [2.05, 4.69) is 24.9 Å². The number of rotatable bonds is 5. The van der Waals surface area contributed by atoms with Crippen LogP contribution in [0.5, 0.6) is 0 Å². The quantitative estimate of drug-likeness (QED) is 0.746. The minimum absolute atomic E-state index is 0.150. The second-order valence-electron chi connectivity index (χ2n) is 6.15. The Hall–Kier alpha value is -0.860. The van der Waals surface area contributed by atoms with Gasteiger partial charge in [-0.2, -0.15) is 0 Å². The molecule has 2 nitrogen and oxygen atoms in total.